The summed E-state index contributed by atoms with van der Waals surface area (Å²) in [6.45, 7) is 2.92. The number of allylic oxidation sites excluding steroid dienone is 1. The first-order valence-corrected chi connectivity index (χ1v) is 10.0. The predicted octanol–water partition coefficient (Wildman–Crippen LogP) is 4.67. The summed E-state index contributed by atoms with van der Waals surface area (Å²) in [6, 6.07) is 8.58. The normalized spacial score (nSPS) is 16.9. The zero-order valence-corrected chi connectivity index (χ0v) is 16.8. The lowest BCUT2D eigenvalue weighted by Gasteiger charge is -2.26. The first-order valence-electron chi connectivity index (χ1n) is 9.62. The van der Waals surface area contributed by atoms with Crippen molar-refractivity contribution in [2.75, 3.05) is 11.9 Å². The maximum absolute atomic E-state index is 13.5. The van der Waals surface area contributed by atoms with Crippen molar-refractivity contribution in [2.45, 2.75) is 32.2 Å². The number of pyridine rings is 1. The molecular weight excluding hydrogens is 391 g/mol. The molecule has 4 rings (SSSR count). The van der Waals surface area contributed by atoms with Gasteiger partial charge in [0.2, 0.25) is 5.95 Å². The molecule has 1 atom stereocenters. The SMILES string of the molecule is CCNC1=C(C=N)CC(Nc2nc3c(-c4ccc(F)c(Cl)c4)cccn3n2)CC1. The minimum Gasteiger partial charge on any atom is -0.388 e. The van der Waals surface area contributed by atoms with Crippen LogP contribution in [0.4, 0.5) is 10.3 Å². The molecule has 3 aromatic rings. The number of rotatable bonds is 6. The molecule has 150 valence electrons. The van der Waals surface area contributed by atoms with Gasteiger partial charge >= 0.3 is 0 Å². The van der Waals surface area contributed by atoms with E-state index >= 15 is 0 Å². The quantitative estimate of drug-likeness (QED) is 0.514. The highest BCUT2D eigenvalue weighted by Crippen LogP contribution is 2.29. The van der Waals surface area contributed by atoms with Gasteiger partial charge in [-0.3, -0.25) is 0 Å². The number of nitrogens with zero attached hydrogens (tertiary/aromatic N) is 3. The summed E-state index contributed by atoms with van der Waals surface area (Å²) in [5.74, 6) is 0.0855. The zero-order valence-electron chi connectivity index (χ0n) is 16.0. The average Bonchev–Trinajstić information content (AvgIpc) is 3.13. The van der Waals surface area contributed by atoms with Crippen LogP contribution in [0.3, 0.4) is 0 Å². The van der Waals surface area contributed by atoms with E-state index < -0.39 is 5.82 Å². The van der Waals surface area contributed by atoms with Crippen LogP contribution in [0.1, 0.15) is 26.2 Å². The fraction of sp³-hybridized carbons (Fsp3) is 0.286. The largest absolute Gasteiger partial charge is 0.388 e. The van der Waals surface area contributed by atoms with E-state index in [9.17, 15) is 4.39 Å². The molecule has 6 nitrogen and oxygen atoms in total. The van der Waals surface area contributed by atoms with Crippen molar-refractivity contribution < 1.29 is 4.39 Å². The lowest BCUT2D eigenvalue weighted by Crippen LogP contribution is -2.29. The van der Waals surface area contributed by atoms with Crippen molar-refractivity contribution in [1.82, 2.24) is 19.9 Å². The molecule has 0 fully saturated rings. The van der Waals surface area contributed by atoms with Crippen molar-refractivity contribution in [3.63, 3.8) is 0 Å². The molecule has 0 radical (unpaired) electrons. The molecule has 29 heavy (non-hydrogen) atoms. The lowest BCUT2D eigenvalue weighted by molar-refractivity contribution is 0.581. The second-order valence-electron chi connectivity index (χ2n) is 7.02. The fourth-order valence-corrected chi connectivity index (χ4v) is 3.87. The molecular formula is C21H22ClFN6. The molecule has 0 saturated heterocycles. The Morgan fingerprint density at radius 3 is 3.00 bits per heavy atom. The third-order valence-electron chi connectivity index (χ3n) is 5.09. The molecule has 0 spiro atoms. The van der Waals surface area contributed by atoms with E-state index in [1.165, 1.54) is 12.3 Å². The standard InChI is InChI=1S/C21H22ClFN6/c1-2-25-19-8-6-15(10-14(19)12-24)26-21-27-20-16(4-3-9-29(20)28-21)13-5-7-18(23)17(22)11-13/h3-5,7,9,11-12,15,24-25H,2,6,8,10H2,1H3,(H,26,28). The van der Waals surface area contributed by atoms with Crippen LogP contribution in [0.2, 0.25) is 5.02 Å². The molecule has 8 heteroatoms. The topological polar surface area (TPSA) is 78.1 Å². The minimum atomic E-state index is -0.449. The smallest absolute Gasteiger partial charge is 0.243 e. The summed E-state index contributed by atoms with van der Waals surface area (Å²) < 4.78 is 15.2. The number of nitrogens with one attached hydrogen (secondary N) is 3. The van der Waals surface area contributed by atoms with Crippen LogP contribution in [0.15, 0.2) is 47.8 Å². The molecule has 0 bridgehead atoms. The number of hydrogen-bond acceptors (Lipinski definition) is 5. The van der Waals surface area contributed by atoms with Gasteiger partial charge in [-0.1, -0.05) is 17.7 Å². The average molecular weight is 413 g/mol. The van der Waals surface area contributed by atoms with Crippen molar-refractivity contribution >= 4 is 29.4 Å². The van der Waals surface area contributed by atoms with Crippen molar-refractivity contribution in [3.05, 3.63) is 58.6 Å². The van der Waals surface area contributed by atoms with Crippen LogP contribution in [0.5, 0.6) is 0 Å². The Morgan fingerprint density at radius 2 is 2.24 bits per heavy atom. The molecule has 1 aromatic carbocycles. The number of aromatic nitrogens is 3. The van der Waals surface area contributed by atoms with E-state index in [1.54, 1.807) is 16.6 Å². The molecule has 1 aliphatic rings. The Labute approximate surface area is 173 Å². The Balaban J connectivity index is 1.60. The van der Waals surface area contributed by atoms with Crippen LogP contribution >= 0.6 is 11.6 Å². The van der Waals surface area contributed by atoms with Crippen molar-refractivity contribution in [1.29, 1.82) is 5.41 Å². The maximum Gasteiger partial charge on any atom is 0.243 e. The highest BCUT2D eigenvalue weighted by atomic mass is 35.5. The van der Waals surface area contributed by atoms with Crippen LogP contribution in [-0.2, 0) is 0 Å². The summed E-state index contributed by atoms with van der Waals surface area (Å²) in [6.07, 6.45) is 5.84. The van der Waals surface area contributed by atoms with Gasteiger partial charge < -0.3 is 16.0 Å². The van der Waals surface area contributed by atoms with Gasteiger partial charge in [0.1, 0.15) is 5.82 Å². The Bertz CT molecular complexity index is 1090. The molecule has 0 aliphatic heterocycles. The van der Waals surface area contributed by atoms with E-state index in [-0.39, 0.29) is 11.1 Å². The van der Waals surface area contributed by atoms with Gasteiger partial charge in [0.15, 0.2) is 5.65 Å². The van der Waals surface area contributed by atoms with Gasteiger partial charge in [0.25, 0.3) is 0 Å². The van der Waals surface area contributed by atoms with E-state index in [4.69, 9.17) is 17.0 Å². The third-order valence-corrected chi connectivity index (χ3v) is 5.38. The molecule has 0 saturated carbocycles. The number of anilines is 1. The number of hydrogen-bond donors (Lipinski definition) is 3. The lowest BCUT2D eigenvalue weighted by atomic mass is 9.92. The summed E-state index contributed by atoms with van der Waals surface area (Å²) >= 11 is 5.95. The van der Waals surface area contributed by atoms with Crippen LogP contribution in [0, 0.1) is 11.2 Å². The van der Waals surface area contributed by atoms with Gasteiger partial charge in [0, 0.05) is 36.3 Å². The van der Waals surface area contributed by atoms with Gasteiger partial charge in [-0.15, -0.1) is 5.10 Å². The predicted molar refractivity (Wildman–Crippen MR) is 114 cm³/mol. The van der Waals surface area contributed by atoms with Crippen molar-refractivity contribution in [3.8, 4) is 11.1 Å². The first-order chi connectivity index (χ1) is 14.1. The summed E-state index contributed by atoms with van der Waals surface area (Å²) in [7, 11) is 0. The van der Waals surface area contributed by atoms with E-state index in [0.717, 1.165) is 48.2 Å². The second kappa shape index (κ2) is 8.21. The number of halogens is 2. The molecule has 2 heterocycles. The van der Waals surface area contributed by atoms with Crippen LogP contribution in [0.25, 0.3) is 16.8 Å². The van der Waals surface area contributed by atoms with Crippen LogP contribution in [-0.4, -0.2) is 33.4 Å². The molecule has 0 amide bonds. The number of benzene rings is 1. The first kappa shape index (κ1) is 19.4. The molecule has 1 aliphatic carbocycles. The Hall–Kier alpha value is -2.93. The fourth-order valence-electron chi connectivity index (χ4n) is 3.69. The molecule has 3 N–H and O–H groups in total. The molecule has 2 aromatic heterocycles. The van der Waals surface area contributed by atoms with Crippen molar-refractivity contribution in [2.24, 2.45) is 0 Å². The highest BCUT2D eigenvalue weighted by molar-refractivity contribution is 6.31. The summed E-state index contributed by atoms with van der Waals surface area (Å²) in [5.41, 5.74) is 4.45. The van der Waals surface area contributed by atoms with E-state index in [1.807, 2.05) is 18.3 Å². The van der Waals surface area contributed by atoms with Crippen LogP contribution < -0.4 is 10.6 Å². The van der Waals surface area contributed by atoms with Gasteiger partial charge in [-0.2, -0.15) is 4.98 Å². The number of fused-ring (bicyclic) bond motifs is 1. The summed E-state index contributed by atoms with van der Waals surface area (Å²) in [5, 5.41) is 19.1. The third kappa shape index (κ3) is 3.96. The zero-order chi connectivity index (χ0) is 20.4. The van der Waals surface area contributed by atoms with Gasteiger partial charge in [0.05, 0.1) is 5.02 Å². The monoisotopic (exact) mass is 412 g/mol. The second-order valence-corrected chi connectivity index (χ2v) is 7.42. The maximum atomic E-state index is 13.5. The van der Waals surface area contributed by atoms with E-state index in [2.05, 4.69) is 27.6 Å². The Morgan fingerprint density at radius 1 is 1.38 bits per heavy atom. The molecule has 1 unspecified atom stereocenters. The van der Waals surface area contributed by atoms with Gasteiger partial charge in [-0.25, -0.2) is 8.91 Å². The van der Waals surface area contributed by atoms with Gasteiger partial charge in [-0.05, 0) is 61.6 Å². The summed E-state index contributed by atoms with van der Waals surface area (Å²) in [4.78, 5) is 4.66. The van der Waals surface area contributed by atoms with E-state index in [0.29, 0.717) is 11.6 Å². The Kier molecular flexibility index (Phi) is 5.49. The minimum absolute atomic E-state index is 0.0760. The highest BCUT2D eigenvalue weighted by Gasteiger charge is 2.21.